The van der Waals surface area contributed by atoms with E-state index < -0.39 is 41.7 Å². The van der Waals surface area contributed by atoms with Crippen LogP contribution in [0.4, 0.5) is 13.2 Å². The largest absolute Gasteiger partial charge is 0.467 e. The fourth-order valence-corrected chi connectivity index (χ4v) is 2.06. The van der Waals surface area contributed by atoms with Gasteiger partial charge in [0, 0.05) is 12.3 Å². The van der Waals surface area contributed by atoms with Gasteiger partial charge < -0.3 is 15.2 Å². The third kappa shape index (κ3) is 5.46. The molecule has 0 unspecified atom stereocenters. The minimum atomic E-state index is -4.53. The van der Waals surface area contributed by atoms with E-state index in [2.05, 4.69) is 10.1 Å². The van der Waals surface area contributed by atoms with E-state index in [9.17, 15) is 27.9 Å². The molecule has 2 N–H and O–H groups in total. The first-order valence-corrected chi connectivity index (χ1v) is 7.22. The lowest BCUT2D eigenvalue weighted by atomic mass is 9.98. The van der Waals surface area contributed by atoms with Crippen molar-refractivity contribution in [1.29, 1.82) is 5.26 Å². The maximum Gasteiger partial charge on any atom is 0.416 e. The number of aliphatic hydroxyl groups is 1. The van der Waals surface area contributed by atoms with E-state index in [0.29, 0.717) is 0 Å². The van der Waals surface area contributed by atoms with E-state index in [0.717, 1.165) is 31.4 Å². The second-order valence-corrected chi connectivity index (χ2v) is 5.37. The second-order valence-electron chi connectivity index (χ2n) is 5.37. The minimum Gasteiger partial charge on any atom is -0.467 e. The van der Waals surface area contributed by atoms with E-state index in [4.69, 9.17) is 5.26 Å². The maximum atomic E-state index is 12.5. The molecule has 0 aliphatic carbocycles. The Bertz CT molecular complexity index is 653. The molecule has 0 saturated carbocycles. The van der Waals surface area contributed by atoms with Crippen LogP contribution in [0.25, 0.3) is 0 Å². The molecule has 0 aliphatic rings. The normalized spacial score (nSPS) is 14.8. The predicted molar refractivity (Wildman–Crippen MR) is 79.7 cm³/mol. The average molecular weight is 358 g/mol. The summed E-state index contributed by atoms with van der Waals surface area (Å²) in [6, 6.07) is 4.11. The highest BCUT2D eigenvalue weighted by Crippen LogP contribution is 2.30. The van der Waals surface area contributed by atoms with Crippen LogP contribution in [0.15, 0.2) is 24.3 Å². The molecule has 3 atom stereocenters. The number of rotatable bonds is 6. The fourth-order valence-electron chi connectivity index (χ4n) is 2.06. The van der Waals surface area contributed by atoms with E-state index in [1.54, 1.807) is 0 Å². The van der Waals surface area contributed by atoms with E-state index in [1.165, 1.54) is 6.92 Å². The number of carbonyl (C=O) groups excluding carboxylic acids is 2. The van der Waals surface area contributed by atoms with Crippen molar-refractivity contribution >= 4 is 11.9 Å². The monoisotopic (exact) mass is 358 g/mol. The molecule has 0 fully saturated rings. The van der Waals surface area contributed by atoms with Gasteiger partial charge in [0.05, 0.1) is 18.7 Å². The van der Waals surface area contributed by atoms with Crippen molar-refractivity contribution in [1.82, 2.24) is 5.32 Å². The molecule has 0 aromatic heterocycles. The minimum absolute atomic E-state index is 0.0452. The molecule has 6 nitrogen and oxygen atoms in total. The zero-order valence-corrected chi connectivity index (χ0v) is 13.5. The zero-order chi connectivity index (χ0) is 19.2. The Labute approximate surface area is 142 Å². The van der Waals surface area contributed by atoms with Gasteiger partial charge >= 0.3 is 12.1 Å². The molecule has 0 radical (unpaired) electrons. The van der Waals surface area contributed by atoms with Gasteiger partial charge in [0.15, 0.2) is 6.10 Å². The topological polar surface area (TPSA) is 99.4 Å². The van der Waals surface area contributed by atoms with Crippen molar-refractivity contribution in [2.45, 2.75) is 31.7 Å². The molecule has 136 valence electrons. The highest BCUT2D eigenvalue weighted by atomic mass is 19.4. The summed E-state index contributed by atoms with van der Waals surface area (Å²) < 4.78 is 42.1. The van der Waals surface area contributed by atoms with Gasteiger partial charge in [-0.3, -0.25) is 4.79 Å². The van der Waals surface area contributed by atoms with Crippen LogP contribution in [0.1, 0.15) is 30.6 Å². The van der Waals surface area contributed by atoms with E-state index in [1.807, 2.05) is 6.07 Å². The zero-order valence-electron chi connectivity index (χ0n) is 13.5. The van der Waals surface area contributed by atoms with Gasteiger partial charge in [-0.1, -0.05) is 19.1 Å². The summed E-state index contributed by atoms with van der Waals surface area (Å²) in [7, 11) is 1.10. The van der Waals surface area contributed by atoms with Gasteiger partial charge in [0.2, 0.25) is 0 Å². The smallest absolute Gasteiger partial charge is 0.416 e. The summed E-state index contributed by atoms with van der Waals surface area (Å²) >= 11 is 0. The number of nitrogens with zero attached hydrogens (tertiary/aromatic N) is 1. The predicted octanol–water partition coefficient (Wildman–Crippen LogP) is 1.95. The third-order valence-electron chi connectivity index (χ3n) is 3.54. The number of benzene rings is 1. The lowest BCUT2D eigenvalue weighted by Gasteiger charge is -2.22. The third-order valence-corrected chi connectivity index (χ3v) is 3.54. The van der Waals surface area contributed by atoms with Crippen LogP contribution in [-0.2, 0) is 20.5 Å². The first-order chi connectivity index (χ1) is 11.6. The number of halogens is 3. The van der Waals surface area contributed by atoms with Crippen LogP contribution < -0.4 is 5.32 Å². The molecule has 0 saturated heterocycles. The SMILES string of the molecule is COC(=O)[C@@H](NC(=O)[C@@H](O)c1ccc(C(F)(F)F)cc1)[C@@H](C)CC#N. The number of hydrogen-bond donors (Lipinski definition) is 2. The second kappa shape index (κ2) is 8.48. The molecule has 1 aromatic carbocycles. The summed E-state index contributed by atoms with van der Waals surface area (Å²) in [6.07, 6.45) is -6.35. The molecular formula is C16H17F3N2O4. The highest BCUT2D eigenvalue weighted by Gasteiger charge is 2.32. The van der Waals surface area contributed by atoms with Crippen molar-refractivity contribution in [3.63, 3.8) is 0 Å². The Kier molecular flexibility index (Phi) is 6.94. The Hall–Kier alpha value is -2.60. The summed E-state index contributed by atoms with van der Waals surface area (Å²) in [4.78, 5) is 23.8. The number of nitrogens with one attached hydrogen (secondary N) is 1. The van der Waals surface area contributed by atoms with Crippen molar-refractivity contribution in [3.05, 3.63) is 35.4 Å². The Morgan fingerprint density at radius 3 is 2.32 bits per heavy atom. The van der Waals surface area contributed by atoms with Gasteiger partial charge in [-0.2, -0.15) is 18.4 Å². The number of carbonyl (C=O) groups is 2. The van der Waals surface area contributed by atoms with Crippen LogP contribution in [-0.4, -0.2) is 30.1 Å². The Morgan fingerprint density at radius 2 is 1.88 bits per heavy atom. The summed E-state index contributed by atoms with van der Waals surface area (Å²) in [6.45, 7) is 1.54. The molecule has 9 heteroatoms. The molecule has 1 rings (SSSR count). The molecule has 0 bridgehead atoms. The summed E-state index contributed by atoms with van der Waals surface area (Å²) in [5.74, 6) is -2.36. The molecule has 0 spiro atoms. The van der Waals surface area contributed by atoms with Gasteiger partial charge in [0.1, 0.15) is 6.04 Å². The van der Waals surface area contributed by atoms with Crippen LogP contribution in [0.3, 0.4) is 0 Å². The average Bonchev–Trinajstić information content (AvgIpc) is 2.57. The van der Waals surface area contributed by atoms with Crippen molar-refractivity contribution in [2.75, 3.05) is 7.11 Å². The number of amides is 1. The number of nitriles is 1. The lowest BCUT2D eigenvalue weighted by molar-refractivity contribution is -0.147. The Balaban J connectivity index is 2.90. The maximum absolute atomic E-state index is 12.5. The van der Waals surface area contributed by atoms with E-state index in [-0.39, 0.29) is 12.0 Å². The van der Waals surface area contributed by atoms with Gasteiger partial charge in [-0.05, 0) is 17.7 Å². The lowest BCUT2D eigenvalue weighted by Crippen LogP contribution is -2.47. The van der Waals surface area contributed by atoms with Gasteiger partial charge in [-0.25, -0.2) is 4.79 Å². The number of methoxy groups -OCH3 is 1. The van der Waals surface area contributed by atoms with Crippen LogP contribution in [0.5, 0.6) is 0 Å². The standard InChI is InChI=1S/C16H17F3N2O4/c1-9(7-8-20)12(15(24)25-2)21-14(23)13(22)10-3-5-11(6-4-10)16(17,18)19/h3-6,9,12-13,22H,7H2,1-2H3,(H,21,23)/t9-,12-,13-/m0/s1. The summed E-state index contributed by atoms with van der Waals surface area (Å²) in [5.41, 5.74) is -0.985. The number of aliphatic hydroxyl groups excluding tert-OH is 1. The molecular weight excluding hydrogens is 341 g/mol. The quantitative estimate of drug-likeness (QED) is 0.757. The van der Waals surface area contributed by atoms with Gasteiger partial charge in [0.25, 0.3) is 5.91 Å². The number of alkyl halides is 3. The van der Waals surface area contributed by atoms with Gasteiger partial charge in [-0.15, -0.1) is 0 Å². The Morgan fingerprint density at radius 1 is 1.32 bits per heavy atom. The molecule has 0 heterocycles. The first kappa shape index (κ1) is 20.4. The van der Waals surface area contributed by atoms with Crippen molar-refractivity contribution < 1.29 is 32.6 Å². The molecule has 1 amide bonds. The van der Waals surface area contributed by atoms with Crippen molar-refractivity contribution in [3.8, 4) is 6.07 Å². The summed E-state index contributed by atoms with van der Waals surface area (Å²) in [5, 5.41) is 20.9. The number of esters is 1. The molecule has 0 aliphatic heterocycles. The number of hydrogen-bond acceptors (Lipinski definition) is 5. The fraction of sp³-hybridized carbons (Fsp3) is 0.438. The number of ether oxygens (including phenoxy) is 1. The molecule has 25 heavy (non-hydrogen) atoms. The van der Waals surface area contributed by atoms with Crippen LogP contribution >= 0.6 is 0 Å². The highest BCUT2D eigenvalue weighted by molar-refractivity contribution is 5.87. The molecule has 1 aromatic rings. The first-order valence-electron chi connectivity index (χ1n) is 7.22. The van der Waals surface area contributed by atoms with Crippen LogP contribution in [0.2, 0.25) is 0 Å². The van der Waals surface area contributed by atoms with Crippen molar-refractivity contribution in [2.24, 2.45) is 5.92 Å². The van der Waals surface area contributed by atoms with E-state index >= 15 is 0 Å². The van der Waals surface area contributed by atoms with Crippen LogP contribution in [0, 0.1) is 17.2 Å².